The molecule has 0 radical (unpaired) electrons. The Morgan fingerprint density at radius 1 is 1.48 bits per heavy atom. The van der Waals surface area contributed by atoms with Gasteiger partial charge in [0.15, 0.2) is 4.77 Å². The fourth-order valence-electron chi connectivity index (χ4n) is 2.93. The molecule has 25 heavy (non-hydrogen) atoms. The maximum Gasteiger partial charge on any atom is 0.199 e. The molecule has 0 bridgehead atoms. The van der Waals surface area contributed by atoms with E-state index >= 15 is 0 Å². The van der Waals surface area contributed by atoms with Crippen LogP contribution in [0.25, 0.3) is 0 Å². The molecule has 7 heteroatoms. The van der Waals surface area contributed by atoms with Gasteiger partial charge in [0.05, 0.1) is 13.8 Å². The molecule has 5 nitrogen and oxygen atoms in total. The van der Waals surface area contributed by atoms with Crippen molar-refractivity contribution in [1.29, 1.82) is 0 Å². The zero-order valence-electron chi connectivity index (χ0n) is 14.6. The van der Waals surface area contributed by atoms with Crippen LogP contribution in [0.5, 0.6) is 5.75 Å². The predicted octanol–water partition coefficient (Wildman–Crippen LogP) is 4.23. The number of benzene rings is 1. The molecule has 1 saturated carbocycles. The molecule has 1 fully saturated rings. The minimum atomic E-state index is 0.543. The minimum Gasteiger partial charge on any atom is -0.496 e. The lowest BCUT2D eigenvalue weighted by atomic mass is 10.2. The summed E-state index contributed by atoms with van der Waals surface area (Å²) in [6, 6.07) is 5.65. The topological polar surface area (TPSA) is 35.2 Å². The fourth-order valence-corrected chi connectivity index (χ4v) is 3.40. The number of allylic oxidation sites excluding steroid dienone is 1. The number of methoxy groups -OCH3 is 1. The molecule has 0 unspecified atom stereocenters. The highest BCUT2D eigenvalue weighted by atomic mass is 35.5. The van der Waals surface area contributed by atoms with Crippen LogP contribution in [0.3, 0.4) is 0 Å². The Kier molecular flexibility index (Phi) is 5.61. The first-order valence-corrected chi connectivity index (χ1v) is 9.11. The summed E-state index contributed by atoms with van der Waals surface area (Å²) < 4.78 is 10.2. The molecule has 0 spiro atoms. The lowest BCUT2D eigenvalue weighted by Crippen LogP contribution is -2.23. The molecule has 0 aliphatic heterocycles. The van der Waals surface area contributed by atoms with E-state index in [0.29, 0.717) is 30.7 Å². The van der Waals surface area contributed by atoms with Gasteiger partial charge in [-0.1, -0.05) is 17.7 Å². The van der Waals surface area contributed by atoms with E-state index < -0.39 is 0 Å². The third kappa shape index (κ3) is 4.14. The van der Waals surface area contributed by atoms with Gasteiger partial charge in [0.1, 0.15) is 11.6 Å². The lowest BCUT2D eigenvalue weighted by molar-refractivity contribution is 0.240. The van der Waals surface area contributed by atoms with E-state index in [0.717, 1.165) is 21.9 Å². The maximum absolute atomic E-state index is 6.12. The van der Waals surface area contributed by atoms with Crippen molar-refractivity contribution in [2.45, 2.75) is 38.5 Å². The summed E-state index contributed by atoms with van der Waals surface area (Å²) in [4.78, 5) is 2.14. The van der Waals surface area contributed by atoms with Gasteiger partial charge in [-0.15, -0.1) is 6.58 Å². The summed E-state index contributed by atoms with van der Waals surface area (Å²) in [5.74, 6) is 2.45. The normalized spacial score (nSPS) is 14.1. The highest BCUT2D eigenvalue weighted by Gasteiger charge is 2.29. The smallest absolute Gasteiger partial charge is 0.199 e. The first-order chi connectivity index (χ1) is 12.0. The molecule has 134 valence electrons. The molecular formula is C18H23ClN4OS. The maximum atomic E-state index is 6.12. The van der Waals surface area contributed by atoms with Crippen LogP contribution in [0.4, 0.5) is 0 Å². The number of rotatable bonds is 8. The summed E-state index contributed by atoms with van der Waals surface area (Å²) in [5.41, 5.74) is 1.04. The molecule has 1 aromatic carbocycles. The summed E-state index contributed by atoms with van der Waals surface area (Å²) in [6.45, 7) is 5.84. The van der Waals surface area contributed by atoms with Crippen molar-refractivity contribution < 1.29 is 4.74 Å². The Hall–Kier alpha value is -1.63. The number of aromatic nitrogens is 3. The van der Waals surface area contributed by atoms with E-state index in [1.54, 1.807) is 7.11 Å². The van der Waals surface area contributed by atoms with Crippen molar-refractivity contribution >= 4 is 23.8 Å². The lowest BCUT2D eigenvalue weighted by Gasteiger charge is -2.18. The summed E-state index contributed by atoms with van der Waals surface area (Å²) in [5, 5.41) is 5.46. The van der Waals surface area contributed by atoms with Gasteiger partial charge in [-0.3, -0.25) is 9.47 Å². The van der Waals surface area contributed by atoms with Gasteiger partial charge in [0.25, 0.3) is 0 Å². The van der Waals surface area contributed by atoms with E-state index in [1.165, 1.54) is 12.8 Å². The summed E-state index contributed by atoms with van der Waals surface area (Å²) >= 11 is 11.7. The Bertz CT molecular complexity index is 825. The van der Waals surface area contributed by atoms with E-state index in [-0.39, 0.29) is 0 Å². The molecule has 1 aliphatic rings. The molecule has 0 amide bonds. The van der Waals surface area contributed by atoms with Crippen LogP contribution in [-0.2, 0) is 19.8 Å². The van der Waals surface area contributed by atoms with Crippen LogP contribution < -0.4 is 4.74 Å². The number of halogens is 1. The monoisotopic (exact) mass is 378 g/mol. The molecule has 2 aromatic rings. The molecule has 0 N–H and O–H groups in total. The van der Waals surface area contributed by atoms with E-state index in [1.807, 2.05) is 36.0 Å². The fraction of sp³-hybridized carbons (Fsp3) is 0.444. The zero-order chi connectivity index (χ0) is 18.0. The van der Waals surface area contributed by atoms with E-state index in [4.69, 9.17) is 33.7 Å². The highest BCUT2D eigenvalue weighted by molar-refractivity contribution is 7.71. The average Bonchev–Trinajstić information content (AvgIpc) is 3.37. The zero-order valence-corrected chi connectivity index (χ0v) is 16.2. The first-order valence-electron chi connectivity index (χ1n) is 8.33. The van der Waals surface area contributed by atoms with Crippen LogP contribution in [0.15, 0.2) is 30.9 Å². The van der Waals surface area contributed by atoms with Crippen LogP contribution in [0.1, 0.15) is 30.1 Å². The molecule has 0 atom stereocenters. The Balaban J connectivity index is 1.78. The quantitative estimate of drug-likeness (QED) is 0.508. The van der Waals surface area contributed by atoms with E-state index in [2.05, 4.69) is 16.0 Å². The summed E-state index contributed by atoms with van der Waals surface area (Å²) in [7, 11) is 3.70. The van der Waals surface area contributed by atoms with Gasteiger partial charge in [-0.05, 0) is 50.3 Å². The number of hydrogen-bond acceptors (Lipinski definition) is 4. The van der Waals surface area contributed by atoms with Crippen molar-refractivity contribution in [2.75, 3.05) is 14.2 Å². The van der Waals surface area contributed by atoms with Crippen molar-refractivity contribution in [3.05, 3.63) is 52.0 Å². The minimum absolute atomic E-state index is 0.543. The average molecular weight is 379 g/mol. The van der Waals surface area contributed by atoms with Crippen LogP contribution >= 0.6 is 23.8 Å². The second-order valence-electron chi connectivity index (χ2n) is 6.43. The third-order valence-corrected chi connectivity index (χ3v) is 4.93. The Morgan fingerprint density at radius 3 is 2.88 bits per heavy atom. The Morgan fingerprint density at radius 2 is 2.24 bits per heavy atom. The molecule has 0 saturated heterocycles. The van der Waals surface area contributed by atoms with Gasteiger partial charge in [0, 0.05) is 29.6 Å². The van der Waals surface area contributed by atoms with Crippen molar-refractivity contribution in [3.8, 4) is 5.75 Å². The van der Waals surface area contributed by atoms with Crippen LogP contribution in [0, 0.1) is 4.77 Å². The van der Waals surface area contributed by atoms with Gasteiger partial charge in [0.2, 0.25) is 0 Å². The highest BCUT2D eigenvalue weighted by Crippen LogP contribution is 2.39. The largest absolute Gasteiger partial charge is 0.496 e. The third-order valence-electron chi connectivity index (χ3n) is 4.26. The van der Waals surface area contributed by atoms with Gasteiger partial charge in [-0.25, -0.2) is 4.68 Å². The second kappa shape index (κ2) is 7.72. The standard InChI is InChI=1S/C18H23ClN4OS/c1-4-9-22-17(13-5-6-13)20-23(18(22)25)12-21(2)11-14-10-15(19)7-8-16(14)24-3/h4,7-8,10,13H,1,5-6,9,11-12H2,2-3H3. The van der Waals surface area contributed by atoms with Crippen LogP contribution in [0.2, 0.25) is 5.02 Å². The number of ether oxygens (including phenoxy) is 1. The van der Waals surface area contributed by atoms with Crippen LogP contribution in [-0.4, -0.2) is 33.4 Å². The van der Waals surface area contributed by atoms with Crippen molar-refractivity contribution in [1.82, 2.24) is 19.2 Å². The van der Waals surface area contributed by atoms with Gasteiger partial charge in [-0.2, -0.15) is 5.10 Å². The Labute approximate surface area is 158 Å². The summed E-state index contributed by atoms with van der Waals surface area (Å²) in [6.07, 6.45) is 4.26. The van der Waals surface area contributed by atoms with E-state index in [9.17, 15) is 0 Å². The molecule has 3 rings (SSSR count). The molecule has 1 heterocycles. The SMILES string of the molecule is C=CCn1c(C2CC2)nn(CN(C)Cc2cc(Cl)ccc2OC)c1=S. The molecule has 1 aromatic heterocycles. The number of hydrogen-bond donors (Lipinski definition) is 0. The van der Waals surface area contributed by atoms with Gasteiger partial charge >= 0.3 is 0 Å². The second-order valence-corrected chi connectivity index (χ2v) is 7.23. The molecule has 1 aliphatic carbocycles. The van der Waals surface area contributed by atoms with Crippen molar-refractivity contribution in [3.63, 3.8) is 0 Å². The van der Waals surface area contributed by atoms with Gasteiger partial charge < -0.3 is 4.74 Å². The molecular weight excluding hydrogens is 356 g/mol. The number of nitrogens with zero attached hydrogens (tertiary/aromatic N) is 4. The first kappa shape index (κ1) is 18.2. The van der Waals surface area contributed by atoms with Crippen molar-refractivity contribution in [2.24, 2.45) is 0 Å². The predicted molar refractivity (Wildman–Crippen MR) is 103 cm³/mol.